The fourth-order valence-electron chi connectivity index (χ4n) is 3.49. The van der Waals surface area contributed by atoms with Gasteiger partial charge in [0.2, 0.25) is 5.88 Å². The van der Waals surface area contributed by atoms with Gasteiger partial charge in [-0.1, -0.05) is 19.3 Å². The van der Waals surface area contributed by atoms with Crippen LogP contribution in [0.4, 0.5) is 0 Å². The number of nitrogens with two attached hydrogens (primary N) is 1. The van der Waals surface area contributed by atoms with Crippen LogP contribution in [-0.2, 0) is 0 Å². The molecule has 1 saturated carbocycles. The lowest BCUT2D eigenvalue weighted by molar-refractivity contribution is 0.289. The van der Waals surface area contributed by atoms with Crippen LogP contribution < -0.4 is 16.1 Å². The van der Waals surface area contributed by atoms with E-state index < -0.39 is 5.63 Å². The van der Waals surface area contributed by atoms with Gasteiger partial charge < -0.3 is 14.9 Å². The second-order valence-electron chi connectivity index (χ2n) is 5.79. The molecule has 1 atom stereocenters. The van der Waals surface area contributed by atoms with E-state index in [0.29, 0.717) is 22.6 Å². The van der Waals surface area contributed by atoms with Crippen molar-refractivity contribution in [3.8, 4) is 11.8 Å². The third-order valence-electron chi connectivity index (χ3n) is 4.42. The fourth-order valence-corrected chi connectivity index (χ4v) is 3.49. The minimum absolute atomic E-state index is 0.116. The maximum atomic E-state index is 12.3. The molecule has 0 bridgehead atoms. The molecule has 0 aromatic carbocycles. The second-order valence-corrected chi connectivity index (χ2v) is 5.79. The van der Waals surface area contributed by atoms with Gasteiger partial charge in [0.15, 0.2) is 0 Å². The van der Waals surface area contributed by atoms with E-state index >= 15 is 0 Å². The summed E-state index contributed by atoms with van der Waals surface area (Å²) in [6.45, 7) is 1.69. The first-order chi connectivity index (χ1) is 10.1. The highest BCUT2D eigenvalue weighted by atomic mass is 16.5. The van der Waals surface area contributed by atoms with Gasteiger partial charge in [0.25, 0.3) is 0 Å². The molecule has 2 N–H and O–H groups in total. The summed E-state index contributed by atoms with van der Waals surface area (Å²) in [5, 5.41) is 9.43. The highest BCUT2D eigenvalue weighted by molar-refractivity contribution is 5.49. The minimum atomic E-state index is -0.416. The minimum Gasteiger partial charge on any atom is -0.440 e. The Morgan fingerprint density at radius 2 is 2.05 bits per heavy atom. The summed E-state index contributed by atoms with van der Waals surface area (Å²) in [7, 11) is 0. The van der Waals surface area contributed by atoms with Crippen molar-refractivity contribution < 1.29 is 9.15 Å². The summed E-state index contributed by atoms with van der Waals surface area (Å²) in [6, 6.07) is 3.81. The molecule has 0 spiro atoms. The third kappa shape index (κ3) is 2.31. The van der Waals surface area contributed by atoms with Crippen molar-refractivity contribution in [2.75, 3.05) is 0 Å². The van der Waals surface area contributed by atoms with Gasteiger partial charge in [-0.15, -0.1) is 0 Å². The van der Waals surface area contributed by atoms with E-state index in [9.17, 15) is 10.1 Å². The lowest BCUT2D eigenvalue weighted by atomic mass is 9.73. The number of hydrogen-bond donors (Lipinski definition) is 1. The number of allylic oxidation sites excluding steroid dienone is 1. The first-order valence-electron chi connectivity index (χ1n) is 7.34. The molecule has 110 valence electrons. The Morgan fingerprint density at radius 3 is 2.71 bits per heavy atom. The Balaban J connectivity index is 2.16. The van der Waals surface area contributed by atoms with Crippen LogP contribution in [0.3, 0.4) is 0 Å². The van der Waals surface area contributed by atoms with E-state index in [1.54, 1.807) is 13.0 Å². The summed E-state index contributed by atoms with van der Waals surface area (Å²) in [6.07, 6.45) is 5.43. The Hall–Kier alpha value is -2.22. The molecule has 2 heterocycles. The smallest absolute Gasteiger partial charge is 0.343 e. The monoisotopic (exact) mass is 286 g/mol. The molecular weight excluding hydrogens is 268 g/mol. The van der Waals surface area contributed by atoms with Gasteiger partial charge in [0, 0.05) is 12.0 Å². The average Bonchev–Trinajstić information content (AvgIpc) is 2.46. The number of hydrogen-bond acceptors (Lipinski definition) is 5. The molecule has 1 aliphatic carbocycles. The number of nitriles is 1. The number of fused-ring (bicyclic) bond motifs is 1. The lowest BCUT2D eigenvalue weighted by Crippen LogP contribution is -2.30. The lowest BCUT2D eigenvalue weighted by Gasteiger charge is -2.33. The van der Waals surface area contributed by atoms with Crippen LogP contribution in [0.25, 0.3) is 0 Å². The Labute approximate surface area is 123 Å². The van der Waals surface area contributed by atoms with Crippen LogP contribution in [0, 0.1) is 24.2 Å². The Kier molecular flexibility index (Phi) is 3.46. The molecule has 0 radical (unpaired) electrons. The largest absolute Gasteiger partial charge is 0.440 e. The quantitative estimate of drug-likeness (QED) is 0.857. The summed E-state index contributed by atoms with van der Waals surface area (Å²) in [4.78, 5) is 12.3. The molecule has 0 amide bonds. The van der Waals surface area contributed by atoms with Crippen molar-refractivity contribution in [2.45, 2.75) is 44.9 Å². The number of aryl methyl sites for hydroxylation is 1. The molecule has 1 aromatic heterocycles. The molecule has 3 rings (SSSR count). The number of nitrogens with zero attached hydrogens (tertiary/aromatic N) is 1. The molecule has 0 saturated heterocycles. The van der Waals surface area contributed by atoms with Gasteiger partial charge in [-0.25, -0.2) is 4.79 Å². The Bertz CT molecular complexity index is 690. The molecule has 5 nitrogen and oxygen atoms in total. The molecule has 1 aliphatic heterocycles. The zero-order valence-corrected chi connectivity index (χ0v) is 12.0. The first-order valence-corrected chi connectivity index (χ1v) is 7.34. The predicted octanol–water partition coefficient (Wildman–Crippen LogP) is 2.70. The maximum Gasteiger partial charge on any atom is 0.343 e. The third-order valence-corrected chi connectivity index (χ3v) is 4.42. The topological polar surface area (TPSA) is 89.2 Å². The van der Waals surface area contributed by atoms with Crippen molar-refractivity contribution in [2.24, 2.45) is 11.7 Å². The summed E-state index contributed by atoms with van der Waals surface area (Å²) >= 11 is 0. The molecule has 5 heteroatoms. The van der Waals surface area contributed by atoms with Gasteiger partial charge >= 0.3 is 5.63 Å². The summed E-state index contributed by atoms with van der Waals surface area (Å²) < 4.78 is 10.7. The summed E-state index contributed by atoms with van der Waals surface area (Å²) in [5.41, 5.74) is 6.31. The standard InChI is InChI=1S/C16H18N2O3/c1-9-7-12-14(16(19)20-9)13(10-5-3-2-4-6-10)11(8-17)15(18)21-12/h7,10,13H,2-6,18H2,1H3/t13-/m1/s1. The molecule has 0 unspecified atom stereocenters. The molecular formula is C16H18N2O3. The van der Waals surface area contributed by atoms with E-state index in [4.69, 9.17) is 14.9 Å². The van der Waals surface area contributed by atoms with Gasteiger partial charge in [0.05, 0.1) is 11.1 Å². The van der Waals surface area contributed by atoms with E-state index in [-0.39, 0.29) is 17.7 Å². The van der Waals surface area contributed by atoms with Crippen LogP contribution in [-0.4, -0.2) is 0 Å². The van der Waals surface area contributed by atoms with Crippen molar-refractivity contribution in [1.29, 1.82) is 5.26 Å². The normalized spacial score (nSPS) is 22.4. The van der Waals surface area contributed by atoms with Crippen LogP contribution in [0.15, 0.2) is 26.7 Å². The van der Waals surface area contributed by atoms with E-state index in [2.05, 4.69) is 6.07 Å². The van der Waals surface area contributed by atoms with E-state index in [1.165, 1.54) is 6.42 Å². The maximum absolute atomic E-state index is 12.3. The molecule has 1 aromatic rings. The van der Waals surface area contributed by atoms with Gasteiger partial charge in [0.1, 0.15) is 17.6 Å². The first kappa shape index (κ1) is 13.7. The van der Waals surface area contributed by atoms with Crippen molar-refractivity contribution >= 4 is 0 Å². The second kappa shape index (κ2) is 5.28. The highest BCUT2D eigenvalue weighted by Gasteiger charge is 2.38. The number of rotatable bonds is 1. The van der Waals surface area contributed by atoms with Crippen LogP contribution in [0.5, 0.6) is 5.75 Å². The van der Waals surface area contributed by atoms with Gasteiger partial charge in [-0.2, -0.15) is 5.26 Å². The van der Waals surface area contributed by atoms with Crippen molar-refractivity contribution in [3.63, 3.8) is 0 Å². The van der Waals surface area contributed by atoms with E-state index in [0.717, 1.165) is 25.7 Å². The van der Waals surface area contributed by atoms with Crippen LogP contribution in [0.1, 0.15) is 49.3 Å². The zero-order chi connectivity index (χ0) is 15.0. The predicted molar refractivity (Wildman–Crippen MR) is 76.5 cm³/mol. The molecule has 2 aliphatic rings. The molecule has 21 heavy (non-hydrogen) atoms. The Morgan fingerprint density at radius 1 is 1.33 bits per heavy atom. The van der Waals surface area contributed by atoms with Crippen LogP contribution >= 0.6 is 0 Å². The van der Waals surface area contributed by atoms with Gasteiger partial charge in [-0.3, -0.25) is 0 Å². The highest BCUT2D eigenvalue weighted by Crippen LogP contribution is 2.45. The van der Waals surface area contributed by atoms with Crippen molar-refractivity contribution in [3.05, 3.63) is 39.3 Å². The average molecular weight is 286 g/mol. The van der Waals surface area contributed by atoms with Crippen molar-refractivity contribution in [1.82, 2.24) is 0 Å². The zero-order valence-electron chi connectivity index (χ0n) is 12.0. The van der Waals surface area contributed by atoms with Crippen LogP contribution in [0.2, 0.25) is 0 Å². The number of ether oxygens (including phenoxy) is 1. The SMILES string of the molecule is Cc1cc2c(c(=O)o1)[C@H](C1CCCCC1)C(C#N)=C(N)O2. The fraction of sp³-hybridized carbons (Fsp3) is 0.500. The van der Waals surface area contributed by atoms with Gasteiger partial charge in [-0.05, 0) is 25.7 Å². The summed E-state index contributed by atoms with van der Waals surface area (Å²) in [5.74, 6) is 0.992. The molecule has 1 fully saturated rings. The van der Waals surface area contributed by atoms with E-state index in [1.807, 2.05) is 0 Å².